The predicted octanol–water partition coefficient (Wildman–Crippen LogP) is 6.22. The topological polar surface area (TPSA) is 12.5 Å². The van der Waals surface area contributed by atoms with Gasteiger partial charge in [-0.15, -0.1) is 11.8 Å². The minimum absolute atomic E-state index is 0.242. The Hall–Kier alpha value is -2.23. The van der Waals surface area contributed by atoms with Gasteiger partial charge in [-0.3, -0.25) is 0 Å². The minimum atomic E-state index is 0.242. The molecule has 0 saturated heterocycles. The smallest absolute Gasteiger partial charge is 0.0638 e. The first kappa shape index (κ1) is 19.7. The molecule has 2 aliphatic rings. The molecule has 5 rings (SSSR count). The molecule has 0 radical (unpaired) electrons. The molecular formula is C27H29NOS. The van der Waals surface area contributed by atoms with Crippen molar-refractivity contribution in [3.05, 3.63) is 96.1 Å². The van der Waals surface area contributed by atoms with Crippen molar-refractivity contribution in [1.29, 1.82) is 0 Å². The van der Waals surface area contributed by atoms with Gasteiger partial charge in [0, 0.05) is 47.9 Å². The van der Waals surface area contributed by atoms with Crippen LogP contribution in [0.4, 0.5) is 5.69 Å². The van der Waals surface area contributed by atoms with Crippen molar-refractivity contribution in [1.82, 2.24) is 0 Å². The molecule has 0 aromatic heterocycles. The normalized spacial score (nSPS) is 27.9. The summed E-state index contributed by atoms with van der Waals surface area (Å²) in [6.07, 6.45) is 2.51. The number of ether oxygens (including phenoxy) is 1. The molecule has 1 heterocycles. The number of rotatable bonds is 4. The van der Waals surface area contributed by atoms with Gasteiger partial charge in [-0.05, 0) is 42.2 Å². The lowest BCUT2D eigenvalue weighted by molar-refractivity contribution is 0.00661. The van der Waals surface area contributed by atoms with E-state index in [0.717, 1.165) is 6.42 Å². The van der Waals surface area contributed by atoms with E-state index in [0.29, 0.717) is 23.1 Å². The number of hydrogen-bond donors (Lipinski definition) is 0. The average Bonchev–Trinajstić information content (AvgIpc) is 2.80. The van der Waals surface area contributed by atoms with E-state index in [1.54, 1.807) is 0 Å². The van der Waals surface area contributed by atoms with Crippen LogP contribution in [0.15, 0.2) is 89.8 Å². The number of nitrogens with zero attached hydrogens (tertiary/aromatic N) is 1. The summed E-state index contributed by atoms with van der Waals surface area (Å²) in [5.41, 5.74) is 4.21. The molecule has 3 aromatic carbocycles. The van der Waals surface area contributed by atoms with Gasteiger partial charge < -0.3 is 9.64 Å². The SMILES string of the molecule is CO[C@@H]1C[C@H](Sc2ccccc2)C[C@H]2[C@H]1[C@@H](c1ccccc1)c1ccccc1N2C. The van der Waals surface area contributed by atoms with Gasteiger partial charge in [0.1, 0.15) is 0 Å². The molecule has 0 amide bonds. The van der Waals surface area contributed by atoms with Crippen molar-refractivity contribution in [3.8, 4) is 0 Å². The van der Waals surface area contributed by atoms with Gasteiger partial charge in [0.15, 0.2) is 0 Å². The fourth-order valence-electron chi connectivity index (χ4n) is 5.60. The summed E-state index contributed by atoms with van der Waals surface area (Å²) in [4.78, 5) is 3.89. The molecule has 154 valence electrons. The molecule has 0 unspecified atom stereocenters. The van der Waals surface area contributed by atoms with Crippen molar-refractivity contribution in [3.63, 3.8) is 0 Å². The highest BCUT2D eigenvalue weighted by atomic mass is 32.2. The summed E-state index contributed by atoms with van der Waals surface area (Å²) in [5, 5.41) is 0.558. The monoisotopic (exact) mass is 415 g/mol. The van der Waals surface area contributed by atoms with Crippen LogP contribution < -0.4 is 4.90 Å². The van der Waals surface area contributed by atoms with Gasteiger partial charge in [-0.2, -0.15) is 0 Å². The molecule has 3 aromatic rings. The highest BCUT2D eigenvalue weighted by Crippen LogP contribution is 2.52. The summed E-state index contributed by atoms with van der Waals surface area (Å²) in [7, 11) is 4.18. The summed E-state index contributed by atoms with van der Waals surface area (Å²) in [5.74, 6) is 0.821. The summed E-state index contributed by atoms with van der Waals surface area (Å²) >= 11 is 2.01. The lowest BCUT2D eigenvalue weighted by Gasteiger charge is -2.53. The van der Waals surface area contributed by atoms with E-state index in [1.165, 1.54) is 28.1 Å². The molecule has 3 heteroatoms. The molecule has 0 N–H and O–H groups in total. The van der Waals surface area contributed by atoms with Crippen molar-refractivity contribution in [2.45, 2.75) is 41.1 Å². The van der Waals surface area contributed by atoms with E-state index in [4.69, 9.17) is 4.74 Å². The number of hydrogen-bond acceptors (Lipinski definition) is 3. The molecule has 0 spiro atoms. The number of methoxy groups -OCH3 is 1. The molecule has 30 heavy (non-hydrogen) atoms. The second-order valence-electron chi connectivity index (χ2n) is 8.50. The highest BCUT2D eigenvalue weighted by Gasteiger charge is 2.48. The largest absolute Gasteiger partial charge is 0.381 e. The lowest BCUT2D eigenvalue weighted by atomic mass is 9.66. The number of thioether (sulfide) groups is 1. The van der Waals surface area contributed by atoms with Crippen molar-refractivity contribution in [2.24, 2.45) is 5.92 Å². The van der Waals surface area contributed by atoms with Crippen LogP contribution in [0.1, 0.15) is 29.9 Å². The Morgan fingerprint density at radius 1 is 0.833 bits per heavy atom. The van der Waals surface area contributed by atoms with Crippen LogP contribution in [0.5, 0.6) is 0 Å². The Morgan fingerprint density at radius 2 is 1.50 bits per heavy atom. The van der Waals surface area contributed by atoms with Gasteiger partial charge in [0.05, 0.1) is 6.10 Å². The Labute approximate surface area is 184 Å². The third-order valence-corrected chi connectivity index (χ3v) is 8.18. The van der Waals surface area contributed by atoms with E-state index in [2.05, 4.69) is 96.9 Å². The second kappa shape index (κ2) is 8.49. The van der Waals surface area contributed by atoms with Crippen LogP contribution in [-0.2, 0) is 4.74 Å². The van der Waals surface area contributed by atoms with Crippen LogP contribution in [-0.4, -0.2) is 31.6 Å². The van der Waals surface area contributed by atoms with Crippen LogP contribution in [0, 0.1) is 5.92 Å². The third kappa shape index (κ3) is 3.55. The van der Waals surface area contributed by atoms with Crippen molar-refractivity contribution < 1.29 is 4.74 Å². The first-order valence-electron chi connectivity index (χ1n) is 10.9. The van der Waals surface area contributed by atoms with Crippen LogP contribution >= 0.6 is 11.8 Å². The molecule has 1 aliphatic carbocycles. The standard InChI is InChI=1S/C27H29NOS/c1-28-23-16-10-9-15-22(23)26(19-11-5-3-6-12-19)27-24(28)17-21(18-25(27)29-2)30-20-13-7-4-8-14-20/h3-16,21,24-27H,17-18H2,1-2H3/t21-,24+,25-,26+,27-/m1/s1. The number of benzene rings is 3. The molecular weight excluding hydrogens is 386 g/mol. The number of para-hydroxylation sites is 1. The molecule has 5 atom stereocenters. The third-order valence-electron chi connectivity index (χ3n) is 6.91. The Balaban J connectivity index is 1.54. The first-order valence-corrected chi connectivity index (χ1v) is 11.8. The zero-order chi connectivity index (χ0) is 20.5. The fourth-order valence-corrected chi connectivity index (χ4v) is 6.88. The van der Waals surface area contributed by atoms with E-state index >= 15 is 0 Å². The highest BCUT2D eigenvalue weighted by molar-refractivity contribution is 8.00. The van der Waals surface area contributed by atoms with E-state index < -0.39 is 0 Å². The summed E-state index contributed by atoms with van der Waals surface area (Å²) < 4.78 is 6.20. The molecule has 1 fully saturated rings. The zero-order valence-electron chi connectivity index (χ0n) is 17.6. The molecule has 0 bridgehead atoms. The number of fused-ring (bicyclic) bond motifs is 2. The average molecular weight is 416 g/mol. The van der Waals surface area contributed by atoms with Crippen LogP contribution in [0.3, 0.4) is 0 Å². The van der Waals surface area contributed by atoms with E-state index in [1.807, 2.05) is 18.9 Å². The van der Waals surface area contributed by atoms with Gasteiger partial charge in [0.25, 0.3) is 0 Å². The molecule has 1 aliphatic heterocycles. The Kier molecular flexibility index (Phi) is 5.58. The predicted molar refractivity (Wildman–Crippen MR) is 127 cm³/mol. The van der Waals surface area contributed by atoms with E-state index in [-0.39, 0.29) is 6.10 Å². The summed E-state index contributed by atoms with van der Waals surface area (Å²) in [6.45, 7) is 0. The first-order chi connectivity index (χ1) is 14.8. The van der Waals surface area contributed by atoms with Crippen LogP contribution in [0.2, 0.25) is 0 Å². The maximum Gasteiger partial charge on any atom is 0.0638 e. The van der Waals surface area contributed by atoms with Crippen LogP contribution in [0.25, 0.3) is 0 Å². The summed E-state index contributed by atoms with van der Waals surface area (Å²) in [6, 6.07) is 31.3. The quantitative estimate of drug-likeness (QED) is 0.502. The van der Waals surface area contributed by atoms with E-state index in [9.17, 15) is 0 Å². The lowest BCUT2D eigenvalue weighted by Crippen LogP contribution is -2.55. The number of anilines is 1. The van der Waals surface area contributed by atoms with Crippen molar-refractivity contribution >= 4 is 17.4 Å². The van der Waals surface area contributed by atoms with Gasteiger partial charge in [-0.25, -0.2) is 0 Å². The maximum absolute atomic E-state index is 6.20. The van der Waals surface area contributed by atoms with Gasteiger partial charge >= 0.3 is 0 Å². The fraction of sp³-hybridized carbons (Fsp3) is 0.333. The zero-order valence-corrected chi connectivity index (χ0v) is 18.5. The minimum Gasteiger partial charge on any atom is -0.381 e. The maximum atomic E-state index is 6.20. The molecule has 2 nitrogen and oxygen atoms in total. The van der Waals surface area contributed by atoms with Gasteiger partial charge in [0.2, 0.25) is 0 Å². The Morgan fingerprint density at radius 3 is 2.23 bits per heavy atom. The van der Waals surface area contributed by atoms with Crippen molar-refractivity contribution in [2.75, 3.05) is 19.1 Å². The van der Waals surface area contributed by atoms with Gasteiger partial charge in [-0.1, -0.05) is 66.7 Å². The second-order valence-corrected chi connectivity index (χ2v) is 9.88. The molecule has 1 saturated carbocycles. The Bertz CT molecular complexity index is 976.